The minimum atomic E-state index is -0.615. The van der Waals surface area contributed by atoms with E-state index in [-0.39, 0.29) is 17.7 Å². The molecule has 2 rings (SSSR count). The van der Waals surface area contributed by atoms with Crippen LogP contribution in [0.5, 0.6) is 5.75 Å². The first kappa shape index (κ1) is 15.5. The molecule has 0 saturated heterocycles. The van der Waals surface area contributed by atoms with E-state index in [0.717, 1.165) is 5.39 Å². The second-order valence-electron chi connectivity index (χ2n) is 6.04. The van der Waals surface area contributed by atoms with E-state index in [1.807, 2.05) is 20.8 Å². The number of aromatic nitrogens is 2. The van der Waals surface area contributed by atoms with E-state index in [0.29, 0.717) is 17.7 Å². The first-order valence-electron chi connectivity index (χ1n) is 6.88. The third-order valence-electron chi connectivity index (χ3n) is 2.95. The highest BCUT2D eigenvalue weighted by atomic mass is 16.5. The van der Waals surface area contributed by atoms with Crippen molar-refractivity contribution in [1.29, 1.82) is 0 Å². The summed E-state index contributed by atoms with van der Waals surface area (Å²) in [6.45, 7) is 6.71. The van der Waals surface area contributed by atoms with E-state index in [1.165, 1.54) is 0 Å². The Kier molecular flexibility index (Phi) is 4.59. The Hall–Kier alpha value is -1.92. The number of ether oxygens (including phenoxy) is 1. The van der Waals surface area contributed by atoms with Crippen molar-refractivity contribution >= 4 is 10.8 Å². The van der Waals surface area contributed by atoms with Crippen LogP contribution in [-0.2, 0) is 0 Å². The fraction of sp³-hybridized carbons (Fsp3) is 0.467. The largest absolute Gasteiger partial charge is 0.491 e. The molecule has 0 spiro atoms. The van der Waals surface area contributed by atoms with Crippen molar-refractivity contribution in [2.24, 2.45) is 0 Å². The van der Waals surface area contributed by atoms with Crippen LogP contribution in [0.3, 0.4) is 0 Å². The lowest BCUT2D eigenvalue weighted by atomic mass is 10.1. The minimum Gasteiger partial charge on any atom is -0.491 e. The quantitative estimate of drug-likeness (QED) is 0.766. The number of nitrogens with one attached hydrogen (secondary N) is 2. The first-order chi connectivity index (χ1) is 9.85. The summed E-state index contributed by atoms with van der Waals surface area (Å²) in [6, 6.07) is 5.18. The van der Waals surface area contributed by atoms with Gasteiger partial charge in [-0.1, -0.05) is 0 Å². The van der Waals surface area contributed by atoms with E-state index >= 15 is 0 Å². The minimum absolute atomic E-state index is 0.0514. The van der Waals surface area contributed by atoms with Gasteiger partial charge in [0.1, 0.15) is 18.5 Å². The Morgan fingerprint density at radius 1 is 1.43 bits per heavy atom. The zero-order chi connectivity index (χ0) is 15.5. The number of H-pyrrole nitrogens is 1. The lowest BCUT2D eigenvalue weighted by Crippen LogP contribution is -2.42. The van der Waals surface area contributed by atoms with Gasteiger partial charge in [0, 0.05) is 17.5 Å². The van der Waals surface area contributed by atoms with Crippen molar-refractivity contribution < 1.29 is 9.84 Å². The smallest absolute Gasteiger partial charge is 0.272 e. The molecule has 0 saturated carbocycles. The molecule has 2 aromatic rings. The van der Waals surface area contributed by atoms with Crippen molar-refractivity contribution in [3.05, 3.63) is 34.7 Å². The number of aromatic amines is 1. The summed E-state index contributed by atoms with van der Waals surface area (Å²) in [7, 11) is 0. The normalized spacial score (nSPS) is 13.3. The van der Waals surface area contributed by atoms with Gasteiger partial charge in [-0.2, -0.15) is 5.10 Å². The summed E-state index contributed by atoms with van der Waals surface area (Å²) in [4.78, 5) is 11.6. The highest BCUT2D eigenvalue weighted by Gasteiger charge is 2.12. The molecule has 0 fully saturated rings. The van der Waals surface area contributed by atoms with Crippen LogP contribution in [0.1, 0.15) is 20.8 Å². The van der Waals surface area contributed by atoms with Crippen molar-refractivity contribution in [3.8, 4) is 5.75 Å². The van der Waals surface area contributed by atoms with E-state index in [1.54, 1.807) is 24.4 Å². The van der Waals surface area contributed by atoms with E-state index in [4.69, 9.17) is 4.74 Å². The topological polar surface area (TPSA) is 87.2 Å². The van der Waals surface area contributed by atoms with Crippen LogP contribution in [-0.4, -0.2) is 40.1 Å². The summed E-state index contributed by atoms with van der Waals surface area (Å²) in [5.74, 6) is 0.550. The van der Waals surface area contributed by atoms with Crippen LogP contribution in [0, 0.1) is 0 Å². The third-order valence-corrected chi connectivity index (χ3v) is 2.95. The number of aliphatic hydroxyl groups excluding tert-OH is 1. The molecule has 0 aliphatic rings. The van der Waals surface area contributed by atoms with Gasteiger partial charge < -0.3 is 15.2 Å². The number of aliphatic hydroxyl groups is 1. The molecule has 1 aromatic carbocycles. The van der Waals surface area contributed by atoms with Crippen LogP contribution in [0.25, 0.3) is 10.8 Å². The van der Waals surface area contributed by atoms with Gasteiger partial charge in [-0.05, 0) is 39.0 Å². The van der Waals surface area contributed by atoms with Gasteiger partial charge >= 0.3 is 0 Å². The molecule has 1 aromatic heterocycles. The number of rotatable bonds is 5. The molecule has 0 aliphatic heterocycles. The van der Waals surface area contributed by atoms with Crippen LogP contribution >= 0.6 is 0 Å². The molecule has 21 heavy (non-hydrogen) atoms. The SMILES string of the molecule is CC(C)(C)NCC(O)COc1ccc2cn[nH]c(=O)c2c1. The third kappa shape index (κ3) is 4.54. The molecule has 0 bridgehead atoms. The maximum atomic E-state index is 11.6. The van der Waals surface area contributed by atoms with Crippen molar-refractivity contribution in [2.45, 2.75) is 32.4 Å². The molecule has 3 N–H and O–H groups in total. The zero-order valence-electron chi connectivity index (χ0n) is 12.5. The second-order valence-corrected chi connectivity index (χ2v) is 6.04. The molecule has 0 aliphatic carbocycles. The number of β-amino-alcohol motifs (C(OH)–C–C–N with tert-alkyl or cyclic N) is 1. The standard InChI is InChI=1S/C15H21N3O3/c1-15(2,3)16-8-11(19)9-21-12-5-4-10-7-17-18-14(20)13(10)6-12/h4-7,11,16,19H,8-9H2,1-3H3,(H,18,20). The lowest BCUT2D eigenvalue weighted by Gasteiger charge is -2.23. The molecule has 114 valence electrons. The van der Waals surface area contributed by atoms with Crippen molar-refractivity contribution in [3.63, 3.8) is 0 Å². The van der Waals surface area contributed by atoms with Crippen LogP contribution in [0.4, 0.5) is 0 Å². The Balaban J connectivity index is 1.97. The maximum absolute atomic E-state index is 11.6. The molecule has 1 atom stereocenters. The monoisotopic (exact) mass is 291 g/mol. The molecule has 1 unspecified atom stereocenters. The average molecular weight is 291 g/mol. The van der Waals surface area contributed by atoms with E-state index < -0.39 is 6.10 Å². The van der Waals surface area contributed by atoms with Gasteiger partial charge in [-0.3, -0.25) is 4.79 Å². The molecular weight excluding hydrogens is 270 g/mol. The molecule has 0 radical (unpaired) electrons. The Morgan fingerprint density at radius 3 is 2.90 bits per heavy atom. The number of hydrogen-bond acceptors (Lipinski definition) is 5. The molecule has 6 heteroatoms. The van der Waals surface area contributed by atoms with E-state index in [9.17, 15) is 9.90 Å². The average Bonchev–Trinajstić information content (AvgIpc) is 2.43. The lowest BCUT2D eigenvalue weighted by molar-refractivity contribution is 0.100. The van der Waals surface area contributed by atoms with Gasteiger partial charge in [0.2, 0.25) is 0 Å². The van der Waals surface area contributed by atoms with Gasteiger partial charge in [0.05, 0.1) is 11.6 Å². The Bertz CT molecular complexity index is 661. The molecule has 6 nitrogen and oxygen atoms in total. The predicted molar refractivity (Wildman–Crippen MR) is 81.6 cm³/mol. The number of fused-ring (bicyclic) bond motifs is 1. The van der Waals surface area contributed by atoms with Gasteiger partial charge in [-0.15, -0.1) is 0 Å². The molecular formula is C15H21N3O3. The van der Waals surface area contributed by atoms with Crippen LogP contribution in [0.2, 0.25) is 0 Å². The predicted octanol–water partition coefficient (Wildman–Crippen LogP) is 1.05. The summed E-state index contributed by atoms with van der Waals surface area (Å²) in [5.41, 5.74) is -0.308. The van der Waals surface area contributed by atoms with Gasteiger partial charge in [0.15, 0.2) is 0 Å². The summed E-state index contributed by atoms with van der Waals surface area (Å²) >= 11 is 0. The zero-order valence-corrected chi connectivity index (χ0v) is 12.5. The summed E-state index contributed by atoms with van der Waals surface area (Å²) in [5, 5.41) is 20.5. The van der Waals surface area contributed by atoms with Crippen LogP contribution < -0.4 is 15.6 Å². The maximum Gasteiger partial charge on any atom is 0.272 e. The Labute approximate surface area is 123 Å². The summed E-state index contributed by atoms with van der Waals surface area (Å²) in [6.07, 6.45) is 0.971. The van der Waals surface area contributed by atoms with Gasteiger partial charge in [-0.25, -0.2) is 5.10 Å². The highest BCUT2D eigenvalue weighted by molar-refractivity contribution is 5.81. The number of nitrogens with zero attached hydrogens (tertiary/aromatic N) is 1. The Morgan fingerprint density at radius 2 is 2.19 bits per heavy atom. The first-order valence-corrected chi connectivity index (χ1v) is 6.88. The van der Waals surface area contributed by atoms with Crippen molar-refractivity contribution in [1.82, 2.24) is 15.5 Å². The fourth-order valence-electron chi connectivity index (χ4n) is 1.83. The number of hydrogen-bond donors (Lipinski definition) is 3. The second kappa shape index (κ2) is 6.24. The highest BCUT2D eigenvalue weighted by Crippen LogP contribution is 2.17. The molecule has 1 heterocycles. The van der Waals surface area contributed by atoms with Crippen LogP contribution in [0.15, 0.2) is 29.2 Å². The number of benzene rings is 1. The van der Waals surface area contributed by atoms with E-state index in [2.05, 4.69) is 15.5 Å². The molecule has 0 amide bonds. The van der Waals surface area contributed by atoms with Crippen molar-refractivity contribution in [2.75, 3.05) is 13.2 Å². The fourth-order valence-corrected chi connectivity index (χ4v) is 1.83. The summed E-state index contributed by atoms with van der Waals surface area (Å²) < 4.78 is 5.53. The van der Waals surface area contributed by atoms with Gasteiger partial charge in [0.25, 0.3) is 5.56 Å².